The highest BCUT2D eigenvalue weighted by atomic mass is 19.1. The van der Waals surface area contributed by atoms with Gasteiger partial charge in [0.15, 0.2) is 11.6 Å². The zero-order chi connectivity index (χ0) is 27.1. The van der Waals surface area contributed by atoms with Gasteiger partial charge in [-0.25, -0.2) is 14.4 Å². The van der Waals surface area contributed by atoms with Gasteiger partial charge in [0.05, 0.1) is 7.11 Å². The van der Waals surface area contributed by atoms with E-state index in [-0.39, 0.29) is 17.6 Å². The molecule has 0 radical (unpaired) electrons. The average Bonchev–Trinajstić information content (AvgIpc) is 2.97. The molecule has 200 valence electrons. The molecule has 2 heterocycles. The molecule has 1 aliphatic rings. The molecule has 10 heteroatoms. The van der Waals surface area contributed by atoms with Crippen LogP contribution in [0, 0.1) is 5.82 Å². The summed E-state index contributed by atoms with van der Waals surface area (Å²) in [7, 11) is 2.89. The minimum Gasteiger partial charge on any atom is -0.494 e. The molecule has 2 aromatic carbocycles. The van der Waals surface area contributed by atoms with E-state index < -0.39 is 5.82 Å². The number of aromatic nitrogens is 2. The van der Waals surface area contributed by atoms with Crippen molar-refractivity contribution >= 4 is 23.5 Å². The molecule has 9 nitrogen and oxygen atoms in total. The van der Waals surface area contributed by atoms with E-state index in [9.17, 15) is 14.0 Å². The molecule has 0 spiro atoms. The maximum atomic E-state index is 14.7. The summed E-state index contributed by atoms with van der Waals surface area (Å²) in [5.74, 6) is -0.301. The fourth-order valence-corrected chi connectivity index (χ4v) is 4.36. The summed E-state index contributed by atoms with van der Waals surface area (Å²) in [4.78, 5) is 37.8. The smallest absolute Gasteiger partial charge is 0.253 e. The molecule has 1 fully saturated rings. The Morgan fingerprint density at radius 1 is 1.00 bits per heavy atom. The monoisotopic (exact) mass is 520 g/mol. The number of amides is 2. The van der Waals surface area contributed by atoms with Crippen LogP contribution in [0.5, 0.6) is 5.75 Å². The zero-order valence-corrected chi connectivity index (χ0v) is 22.0. The van der Waals surface area contributed by atoms with Gasteiger partial charge in [0, 0.05) is 62.4 Å². The van der Waals surface area contributed by atoms with Crippen LogP contribution in [0.3, 0.4) is 0 Å². The van der Waals surface area contributed by atoms with Crippen molar-refractivity contribution in [2.45, 2.75) is 19.8 Å². The molecule has 2 N–H and O–H groups in total. The number of nitrogens with one attached hydrogen (secondary N) is 2. The van der Waals surface area contributed by atoms with Crippen molar-refractivity contribution in [3.05, 3.63) is 76.9 Å². The van der Waals surface area contributed by atoms with Crippen LogP contribution in [0.25, 0.3) is 0 Å². The second-order valence-corrected chi connectivity index (χ2v) is 9.07. The van der Waals surface area contributed by atoms with Gasteiger partial charge in [0.25, 0.3) is 11.8 Å². The number of carbonyl (C=O) groups excluding carboxylic acids is 2. The van der Waals surface area contributed by atoms with Gasteiger partial charge < -0.3 is 25.2 Å². The largest absolute Gasteiger partial charge is 0.494 e. The lowest BCUT2D eigenvalue weighted by Crippen LogP contribution is -2.48. The topological polar surface area (TPSA) is 99.7 Å². The third-order valence-corrected chi connectivity index (χ3v) is 6.71. The molecular formula is C28H33FN6O3. The highest BCUT2D eigenvalue weighted by molar-refractivity contribution is 5.95. The third kappa shape index (κ3) is 6.44. The van der Waals surface area contributed by atoms with Gasteiger partial charge >= 0.3 is 0 Å². The molecule has 0 atom stereocenters. The number of carbonyl (C=O) groups is 2. The standard InChI is InChI=1S/C28H33FN6O3/c1-4-34-11-13-35(14-12-34)27(37)20-7-9-23(10-8-20)33-28-31-17-19(18-32-28)5-6-21-15-22(26(36)30-2)16-24(38-3)25(21)29/h7-10,15-18H,4-6,11-14H2,1-3H3,(H,30,36)(H,31,32,33). The zero-order valence-electron chi connectivity index (χ0n) is 22.0. The van der Waals surface area contributed by atoms with Crippen molar-refractivity contribution < 1.29 is 18.7 Å². The molecule has 1 aromatic heterocycles. The molecule has 1 aliphatic heterocycles. The van der Waals surface area contributed by atoms with Crippen molar-refractivity contribution in [2.24, 2.45) is 0 Å². The van der Waals surface area contributed by atoms with Crippen LogP contribution >= 0.6 is 0 Å². The minimum atomic E-state index is -0.482. The first-order valence-electron chi connectivity index (χ1n) is 12.7. The normalized spacial score (nSPS) is 13.7. The predicted molar refractivity (Wildman–Crippen MR) is 144 cm³/mol. The average molecular weight is 521 g/mol. The summed E-state index contributed by atoms with van der Waals surface area (Å²) < 4.78 is 19.8. The summed E-state index contributed by atoms with van der Waals surface area (Å²) >= 11 is 0. The van der Waals surface area contributed by atoms with E-state index in [1.807, 2.05) is 17.0 Å². The van der Waals surface area contributed by atoms with E-state index in [0.717, 1.165) is 44.0 Å². The van der Waals surface area contributed by atoms with Crippen LogP contribution < -0.4 is 15.4 Å². The van der Waals surface area contributed by atoms with Crippen LogP contribution in [0.4, 0.5) is 16.0 Å². The van der Waals surface area contributed by atoms with E-state index >= 15 is 0 Å². The number of piperazine rings is 1. The van der Waals surface area contributed by atoms with Crippen LogP contribution in [-0.4, -0.2) is 78.5 Å². The molecule has 0 aliphatic carbocycles. The molecule has 0 bridgehead atoms. The lowest BCUT2D eigenvalue weighted by atomic mass is 10.0. The highest BCUT2D eigenvalue weighted by Gasteiger charge is 2.21. The first-order valence-corrected chi connectivity index (χ1v) is 12.7. The number of likely N-dealkylation sites (N-methyl/N-ethyl adjacent to an activating group) is 1. The molecule has 0 unspecified atom stereocenters. The van der Waals surface area contributed by atoms with Gasteiger partial charge in [0.1, 0.15) is 0 Å². The summed E-state index contributed by atoms with van der Waals surface area (Å²) in [6.07, 6.45) is 4.20. The van der Waals surface area contributed by atoms with Crippen molar-refractivity contribution in [3.63, 3.8) is 0 Å². The van der Waals surface area contributed by atoms with E-state index in [2.05, 4.69) is 32.4 Å². The lowest BCUT2D eigenvalue weighted by molar-refractivity contribution is 0.0643. The number of nitrogens with zero attached hydrogens (tertiary/aromatic N) is 4. The fourth-order valence-electron chi connectivity index (χ4n) is 4.36. The fraction of sp³-hybridized carbons (Fsp3) is 0.357. The van der Waals surface area contributed by atoms with Crippen molar-refractivity contribution in [1.29, 1.82) is 0 Å². The Bertz CT molecular complexity index is 1260. The number of hydrogen-bond donors (Lipinski definition) is 2. The minimum absolute atomic E-state index is 0.0312. The van der Waals surface area contributed by atoms with Crippen LogP contribution in [-0.2, 0) is 12.8 Å². The van der Waals surface area contributed by atoms with Gasteiger partial charge in [-0.05, 0) is 66.9 Å². The molecule has 0 saturated carbocycles. The highest BCUT2D eigenvalue weighted by Crippen LogP contribution is 2.24. The number of halogens is 1. The number of ether oxygens (including phenoxy) is 1. The number of anilines is 2. The second-order valence-electron chi connectivity index (χ2n) is 9.07. The van der Waals surface area contributed by atoms with Crippen molar-refractivity contribution in [1.82, 2.24) is 25.1 Å². The van der Waals surface area contributed by atoms with Gasteiger partial charge in [0.2, 0.25) is 5.95 Å². The third-order valence-electron chi connectivity index (χ3n) is 6.71. The predicted octanol–water partition coefficient (Wildman–Crippen LogP) is 3.29. The second kappa shape index (κ2) is 12.5. The van der Waals surface area contributed by atoms with Gasteiger partial charge in [-0.1, -0.05) is 6.92 Å². The van der Waals surface area contributed by atoms with Gasteiger partial charge in [-0.15, -0.1) is 0 Å². The first-order chi connectivity index (χ1) is 18.4. The number of hydrogen-bond acceptors (Lipinski definition) is 7. The van der Waals surface area contributed by atoms with Crippen molar-refractivity contribution in [2.75, 3.05) is 52.2 Å². The maximum Gasteiger partial charge on any atom is 0.253 e. The Morgan fingerprint density at radius 3 is 2.29 bits per heavy atom. The first kappa shape index (κ1) is 27.0. The Labute approximate surface area is 222 Å². The lowest BCUT2D eigenvalue weighted by Gasteiger charge is -2.34. The van der Waals surface area contributed by atoms with E-state index in [1.165, 1.54) is 26.3 Å². The van der Waals surface area contributed by atoms with Gasteiger partial charge in [-0.2, -0.15) is 0 Å². The van der Waals surface area contributed by atoms with E-state index in [0.29, 0.717) is 35.5 Å². The summed E-state index contributed by atoms with van der Waals surface area (Å²) in [5.41, 5.74) is 2.96. The van der Waals surface area contributed by atoms with Crippen LogP contribution in [0.1, 0.15) is 38.8 Å². The molecule has 2 amide bonds. The molecule has 38 heavy (non-hydrogen) atoms. The Balaban J connectivity index is 1.34. The molecular weight excluding hydrogens is 487 g/mol. The summed E-state index contributed by atoms with van der Waals surface area (Å²) in [6.45, 7) is 6.43. The maximum absolute atomic E-state index is 14.7. The Hall–Kier alpha value is -4.05. The van der Waals surface area contributed by atoms with E-state index in [4.69, 9.17) is 4.74 Å². The van der Waals surface area contributed by atoms with Crippen molar-refractivity contribution in [3.8, 4) is 5.75 Å². The number of benzene rings is 2. The molecule has 1 saturated heterocycles. The number of methoxy groups -OCH3 is 1. The molecule has 3 aromatic rings. The summed E-state index contributed by atoms with van der Waals surface area (Å²) in [6, 6.07) is 10.2. The quantitative estimate of drug-likeness (QED) is 0.447. The number of rotatable bonds is 9. The van der Waals surface area contributed by atoms with Crippen LogP contribution in [0.2, 0.25) is 0 Å². The van der Waals surface area contributed by atoms with Gasteiger partial charge in [-0.3, -0.25) is 9.59 Å². The van der Waals surface area contributed by atoms with E-state index in [1.54, 1.807) is 24.5 Å². The van der Waals surface area contributed by atoms with Crippen LogP contribution in [0.15, 0.2) is 48.8 Å². The summed E-state index contributed by atoms with van der Waals surface area (Å²) in [5, 5.41) is 5.68. The Kier molecular flexibility index (Phi) is 8.85. The Morgan fingerprint density at radius 2 is 1.68 bits per heavy atom. The number of aryl methyl sites for hydroxylation is 2. The SMILES string of the molecule is CCN1CCN(C(=O)c2ccc(Nc3ncc(CCc4cc(C(=O)NC)cc(OC)c4F)cn3)cc2)CC1. The molecule has 4 rings (SSSR count).